The summed E-state index contributed by atoms with van der Waals surface area (Å²) in [4.78, 5) is 48.5. The van der Waals surface area contributed by atoms with Gasteiger partial charge in [-0.1, -0.05) is 12.1 Å². The zero-order valence-electron chi connectivity index (χ0n) is 18.2. The van der Waals surface area contributed by atoms with E-state index < -0.39 is 22.8 Å². The first-order chi connectivity index (χ1) is 15.7. The Labute approximate surface area is 188 Å². The van der Waals surface area contributed by atoms with E-state index in [4.69, 9.17) is 0 Å². The molecule has 2 heterocycles. The fourth-order valence-corrected chi connectivity index (χ4v) is 4.17. The van der Waals surface area contributed by atoms with Crippen molar-refractivity contribution in [2.45, 2.75) is 33.4 Å². The Bertz CT molecular complexity index is 1440. The Hall–Kier alpha value is -4.20. The number of hydrogen-bond donors (Lipinski definition) is 2. The minimum Gasteiger partial charge on any atom is -0.477 e. The first-order valence-corrected chi connectivity index (χ1v) is 10.5. The van der Waals surface area contributed by atoms with Crippen LogP contribution in [0.5, 0.6) is 0 Å². The van der Waals surface area contributed by atoms with Gasteiger partial charge in [0.1, 0.15) is 11.1 Å². The molecule has 0 fully saturated rings. The SMILES string of the molecule is CCn1cc(C(=O)O)c(=O)c2cc(Cc3ccc4c(c3)c(=O)c(C(=O)O)cn4CC)ccc21. The molecule has 0 atom stereocenters. The molecular formula is C25H22N2O6. The van der Waals surface area contributed by atoms with Crippen molar-refractivity contribution in [1.29, 1.82) is 0 Å². The molecule has 168 valence electrons. The van der Waals surface area contributed by atoms with E-state index in [2.05, 4.69) is 0 Å². The summed E-state index contributed by atoms with van der Waals surface area (Å²) >= 11 is 0. The molecule has 0 spiro atoms. The quantitative estimate of drug-likeness (QED) is 0.469. The van der Waals surface area contributed by atoms with Gasteiger partial charge in [-0.25, -0.2) is 9.59 Å². The monoisotopic (exact) mass is 446 g/mol. The molecule has 0 amide bonds. The van der Waals surface area contributed by atoms with Crippen LogP contribution in [0.4, 0.5) is 0 Å². The molecule has 0 unspecified atom stereocenters. The van der Waals surface area contributed by atoms with E-state index >= 15 is 0 Å². The molecule has 0 aliphatic heterocycles. The van der Waals surface area contributed by atoms with Crippen molar-refractivity contribution in [2.75, 3.05) is 0 Å². The minimum absolute atomic E-state index is 0.284. The van der Waals surface area contributed by atoms with E-state index in [1.165, 1.54) is 12.4 Å². The Morgan fingerprint density at radius 2 is 1.12 bits per heavy atom. The van der Waals surface area contributed by atoms with Crippen LogP contribution in [-0.2, 0) is 19.5 Å². The molecule has 2 aromatic heterocycles. The second-order valence-electron chi connectivity index (χ2n) is 7.81. The van der Waals surface area contributed by atoms with Gasteiger partial charge in [-0.3, -0.25) is 9.59 Å². The number of fused-ring (bicyclic) bond motifs is 2. The van der Waals surface area contributed by atoms with Crippen LogP contribution in [0.2, 0.25) is 0 Å². The zero-order chi connectivity index (χ0) is 23.9. The standard InChI is InChI=1S/C25H22N2O6/c1-3-26-12-18(24(30)31)22(28)16-10-14(5-7-20(16)26)9-15-6-8-21-17(11-15)23(29)19(25(32)33)13-27(21)4-2/h5-8,10-13H,3-4,9H2,1-2H3,(H,30,31)(H,32,33). The molecule has 0 aliphatic rings. The van der Waals surface area contributed by atoms with Gasteiger partial charge in [0.25, 0.3) is 0 Å². The van der Waals surface area contributed by atoms with Crippen LogP contribution in [-0.4, -0.2) is 31.3 Å². The fourth-order valence-electron chi connectivity index (χ4n) is 4.17. The normalized spacial score (nSPS) is 11.2. The number of rotatable bonds is 6. The van der Waals surface area contributed by atoms with Crippen LogP contribution < -0.4 is 10.9 Å². The molecule has 0 saturated carbocycles. The van der Waals surface area contributed by atoms with Crippen molar-refractivity contribution in [1.82, 2.24) is 9.13 Å². The summed E-state index contributed by atoms with van der Waals surface area (Å²) in [7, 11) is 0. The van der Waals surface area contributed by atoms with Gasteiger partial charge >= 0.3 is 11.9 Å². The summed E-state index contributed by atoms with van der Waals surface area (Å²) in [6.45, 7) is 4.76. The molecule has 33 heavy (non-hydrogen) atoms. The molecule has 4 aromatic rings. The number of carbonyl (C=O) groups is 2. The topological polar surface area (TPSA) is 119 Å². The lowest BCUT2D eigenvalue weighted by Crippen LogP contribution is -2.19. The molecule has 0 radical (unpaired) electrons. The molecule has 2 N–H and O–H groups in total. The number of aromatic nitrogens is 2. The molecular weight excluding hydrogens is 424 g/mol. The van der Waals surface area contributed by atoms with E-state index in [0.717, 1.165) is 11.1 Å². The second kappa shape index (κ2) is 8.38. The van der Waals surface area contributed by atoms with Gasteiger partial charge in [-0.15, -0.1) is 0 Å². The number of hydrogen-bond acceptors (Lipinski definition) is 4. The highest BCUT2D eigenvalue weighted by Crippen LogP contribution is 2.20. The summed E-state index contributed by atoms with van der Waals surface area (Å²) in [5.74, 6) is -2.55. The van der Waals surface area contributed by atoms with E-state index in [1.54, 1.807) is 33.4 Å². The molecule has 0 aliphatic carbocycles. The van der Waals surface area contributed by atoms with Crippen LogP contribution in [0, 0.1) is 0 Å². The third-order valence-corrected chi connectivity index (χ3v) is 5.84. The maximum Gasteiger partial charge on any atom is 0.341 e. The Morgan fingerprint density at radius 3 is 1.45 bits per heavy atom. The first-order valence-electron chi connectivity index (χ1n) is 10.5. The second-order valence-corrected chi connectivity index (χ2v) is 7.81. The molecule has 8 nitrogen and oxygen atoms in total. The first kappa shape index (κ1) is 22.0. The lowest BCUT2D eigenvalue weighted by molar-refractivity contribution is 0.0684. The molecule has 8 heteroatoms. The predicted octanol–water partition coefficient (Wildman–Crippen LogP) is 3.34. The summed E-state index contributed by atoms with van der Waals surface area (Å²) in [5, 5.41) is 19.4. The van der Waals surface area contributed by atoms with Gasteiger partial charge in [0, 0.05) is 36.3 Å². The third-order valence-electron chi connectivity index (χ3n) is 5.84. The van der Waals surface area contributed by atoms with Gasteiger partial charge in [0.15, 0.2) is 0 Å². The predicted molar refractivity (Wildman–Crippen MR) is 124 cm³/mol. The summed E-state index contributed by atoms with van der Waals surface area (Å²) in [6.07, 6.45) is 3.10. The maximum atomic E-state index is 12.7. The number of aryl methyl sites for hydroxylation is 2. The van der Waals surface area contributed by atoms with Crippen molar-refractivity contribution in [2.24, 2.45) is 0 Å². The fraction of sp³-hybridized carbons (Fsp3) is 0.200. The third kappa shape index (κ3) is 3.80. The maximum absolute atomic E-state index is 12.7. The largest absolute Gasteiger partial charge is 0.477 e. The van der Waals surface area contributed by atoms with E-state index in [1.807, 2.05) is 26.0 Å². The number of nitrogens with zero attached hydrogens (tertiary/aromatic N) is 2. The highest BCUT2D eigenvalue weighted by atomic mass is 16.4. The highest BCUT2D eigenvalue weighted by molar-refractivity contribution is 5.93. The van der Waals surface area contributed by atoms with Crippen molar-refractivity contribution in [3.05, 3.63) is 91.5 Å². The number of aromatic carboxylic acids is 2. The van der Waals surface area contributed by atoms with E-state index in [0.29, 0.717) is 41.3 Å². The highest BCUT2D eigenvalue weighted by Gasteiger charge is 2.16. The number of benzene rings is 2. The molecule has 0 bridgehead atoms. The van der Waals surface area contributed by atoms with E-state index in [-0.39, 0.29) is 11.1 Å². The number of pyridine rings is 2. The lowest BCUT2D eigenvalue weighted by atomic mass is 10.00. The Kier molecular flexibility index (Phi) is 5.59. The molecule has 0 saturated heterocycles. The van der Waals surface area contributed by atoms with Crippen molar-refractivity contribution < 1.29 is 19.8 Å². The smallest absolute Gasteiger partial charge is 0.341 e. The van der Waals surface area contributed by atoms with Crippen molar-refractivity contribution >= 4 is 33.7 Å². The summed E-state index contributed by atoms with van der Waals surface area (Å²) in [6, 6.07) is 10.6. The van der Waals surface area contributed by atoms with Gasteiger partial charge in [0.05, 0.1) is 11.0 Å². The Morgan fingerprint density at radius 1 is 0.727 bits per heavy atom. The van der Waals surface area contributed by atoms with Crippen LogP contribution in [0.15, 0.2) is 58.4 Å². The van der Waals surface area contributed by atoms with Crippen LogP contribution in [0.25, 0.3) is 21.8 Å². The van der Waals surface area contributed by atoms with Gasteiger partial charge in [-0.2, -0.15) is 0 Å². The summed E-state index contributed by atoms with van der Waals surface area (Å²) < 4.78 is 3.45. The average molecular weight is 446 g/mol. The average Bonchev–Trinajstić information content (AvgIpc) is 2.79. The Balaban J connectivity index is 1.85. The van der Waals surface area contributed by atoms with Gasteiger partial charge in [-0.05, 0) is 55.7 Å². The zero-order valence-corrected chi connectivity index (χ0v) is 18.2. The number of carboxylic acid groups (broad SMARTS) is 2. The lowest BCUT2D eigenvalue weighted by Gasteiger charge is -2.13. The van der Waals surface area contributed by atoms with Crippen LogP contribution >= 0.6 is 0 Å². The van der Waals surface area contributed by atoms with Crippen molar-refractivity contribution in [3.63, 3.8) is 0 Å². The van der Waals surface area contributed by atoms with Crippen molar-refractivity contribution in [3.8, 4) is 0 Å². The minimum atomic E-state index is -1.27. The van der Waals surface area contributed by atoms with Gasteiger partial charge < -0.3 is 19.3 Å². The van der Waals surface area contributed by atoms with Crippen LogP contribution in [0.1, 0.15) is 45.7 Å². The van der Waals surface area contributed by atoms with Gasteiger partial charge in [0.2, 0.25) is 10.9 Å². The molecule has 2 aromatic carbocycles. The van der Waals surface area contributed by atoms with E-state index in [9.17, 15) is 29.4 Å². The number of carboxylic acids is 2. The molecule has 4 rings (SSSR count). The van der Waals surface area contributed by atoms with Crippen LogP contribution in [0.3, 0.4) is 0 Å². The summed E-state index contributed by atoms with van der Waals surface area (Å²) in [5.41, 5.74) is 1.18.